The van der Waals surface area contributed by atoms with E-state index in [0.717, 1.165) is 0 Å². The molecule has 2 N–H and O–H groups in total. The quantitative estimate of drug-likeness (QED) is 0.827. The molecule has 0 aliphatic heterocycles. The van der Waals surface area contributed by atoms with Gasteiger partial charge in [-0.3, -0.25) is 0 Å². The molecule has 1 aliphatic carbocycles. The largest absolute Gasteiger partial charge is 0.430 e. The number of nitrogens with two attached hydrogens (primary N) is 1. The predicted molar refractivity (Wildman–Crippen MR) is 62.4 cm³/mol. The highest BCUT2D eigenvalue weighted by molar-refractivity contribution is 7.84. The van der Waals surface area contributed by atoms with Crippen LogP contribution in [-0.2, 0) is 10.8 Å². The van der Waals surface area contributed by atoms with Crippen LogP contribution in [-0.4, -0.2) is 14.9 Å². The number of oxazole rings is 1. The molecule has 2 aromatic rings. The van der Waals surface area contributed by atoms with Crippen molar-refractivity contribution >= 4 is 27.6 Å². The maximum absolute atomic E-state index is 11.9. The highest BCUT2D eigenvalue weighted by atomic mass is 32.2. The molecule has 1 atom stereocenters. The van der Waals surface area contributed by atoms with Crippen LogP contribution in [0.2, 0.25) is 0 Å². The number of benzene rings is 1. The highest BCUT2D eigenvalue weighted by Gasteiger charge is 2.26. The molecule has 16 heavy (non-hydrogen) atoms. The molecule has 1 saturated carbocycles. The fraction of sp³-hybridized carbons (Fsp3) is 0.364. The van der Waals surface area contributed by atoms with Gasteiger partial charge >= 0.3 is 0 Å². The maximum atomic E-state index is 11.9. The fourth-order valence-electron chi connectivity index (χ4n) is 1.59. The molecule has 1 unspecified atom stereocenters. The molecule has 1 fully saturated rings. The Morgan fingerprint density at radius 2 is 2.31 bits per heavy atom. The van der Waals surface area contributed by atoms with Gasteiger partial charge in [0.15, 0.2) is 5.58 Å². The smallest absolute Gasteiger partial charge is 0.287 e. The summed E-state index contributed by atoms with van der Waals surface area (Å²) >= 11 is 0. The van der Waals surface area contributed by atoms with Crippen LogP contribution in [0.15, 0.2) is 27.8 Å². The number of fused-ring (bicyclic) bond motifs is 1. The molecule has 3 rings (SSSR count). The number of nitrogens with zero attached hydrogens (tertiary/aromatic N) is 1. The topological polar surface area (TPSA) is 69.1 Å². The van der Waals surface area contributed by atoms with E-state index in [1.807, 2.05) is 0 Å². The molecule has 4 nitrogen and oxygen atoms in total. The number of hydrogen-bond donors (Lipinski definition) is 1. The Morgan fingerprint density at radius 1 is 1.50 bits per heavy atom. The monoisotopic (exact) mass is 236 g/mol. The third kappa shape index (κ3) is 1.82. The van der Waals surface area contributed by atoms with Crippen molar-refractivity contribution in [2.24, 2.45) is 5.92 Å². The molecule has 0 radical (unpaired) electrons. The van der Waals surface area contributed by atoms with E-state index in [1.54, 1.807) is 18.2 Å². The zero-order valence-corrected chi connectivity index (χ0v) is 9.50. The molecular formula is C11H12N2O2S. The van der Waals surface area contributed by atoms with Gasteiger partial charge in [-0.25, -0.2) is 9.19 Å². The van der Waals surface area contributed by atoms with Gasteiger partial charge < -0.3 is 10.2 Å². The Balaban J connectivity index is 1.94. The Hall–Kier alpha value is -1.36. The van der Waals surface area contributed by atoms with Crippen LogP contribution in [0.25, 0.3) is 11.1 Å². The van der Waals surface area contributed by atoms with Crippen LogP contribution in [0.3, 0.4) is 0 Å². The Bertz CT molecular complexity index is 560. The molecule has 84 valence electrons. The van der Waals surface area contributed by atoms with Gasteiger partial charge in [-0.2, -0.15) is 0 Å². The Kier molecular flexibility index (Phi) is 2.21. The third-order valence-corrected chi connectivity index (χ3v) is 4.01. The molecule has 0 bridgehead atoms. The Morgan fingerprint density at radius 3 is 3.06 bits per heavy atom. The highest BCUT2D eigenvalue weighted by Crippen LogP contribution is 2.31. The summed E-state index contributed by atoms with van der Waals surface area (Å²) in [6.07, 6.45) is 2.36. The van der Waals surface area contributed by atoms with E-state index in [9.17, 15) is 4.21 Å². The molecule has 1 heterocycles. The molecule has 5 heteroatoms. The van der Waals surface area contributed by atoms with Gasteiger partial charge in [-0.05, 0) is 37.0 Å². The molecule has 1 aromatic carbocycles. The van der Waals surface area contributed by atoms with Gasteiger partial charge in [-0.15, -0.1) is 0 Å². The number of anilines is 1. The SMILES string of the molecule is Nc1ccc2oc(S(=O)CC3CC3)nc2c1. The first-order chi connectivity index (χ1) is 7.72. The van der Waals surface area contributed by atoms with Crippen molar-refractivity contribution in [1.82, 2.24) is 4.98 Å². The lowest BCUT2D eigenvalue weighted by molar-refractivity contribution is 0.477. The minimum atomic E-state index is -1.11. The van der Waals surface area contributed by atoms with Crippen LogP contribution in [0.4, 0.5) is 5.69 Å². The second-order valence-electron chi connectivity index (χ2n) is 4.16. The third-order valence-electron chi connectivity index (χ3n) is 2.67. The number of aromatic nitrogens is 1. The van der Waals surface area contributed by atoms with Crippen LogP contribution >= 0.6 is 0 Å². The van der Waals surface area contributed by atoms with Gasteiger partial charge in [-0.1, -0.05) is 0 Å². The minimum absolute atomic E-state index is 0.326. The second kappa shape index (κ2) is 3.59. The average Bonchev–Trinajstić information content (AvgIpc) is 2.95. The summed E-state index contributed by atoms with van der Waals surface area (Å²) in [5.41, 5.74) is 7.61. The first kappa shape index (κ1) is 9.84. The van der Waals surface area contributed by atoms with Gasteiger partial charge in [0.25, 0.3) is 5.22 Å². The summed E-state index contributed by atoms with van der Waals surface area (Å²) in [4.78, 5) is 4.21. The van der Waals surface area contributed by atoms with Crippen molar-refractivity contribution in [3.8, 4) is 0 Å². The molecule has 0 spiro atoms. The number of nitrogen functional groups attached to an aromatic ring is 1. The van der Waals surface area contributed by atoms with Crippen molar-refractivity contribution < 1.29 is 8.63 Å². The molecule has 1 aromatic heterocycles. The van der Waals surface area contributed by atoms with Gasteiger partial charge in [0.05, 0.1) is 0 Å². The number of hydrogen-bond acceptors (Lipinski definition) is 4. The van der Waals surface area contributed by atoms with Crippen molar-refractivity contribution in [2.45, 2.75) is 18.1 Å². The average molecular weight is 236 g/mol. The van der Waals surface area contributed by atoms with Gasteiger partial charge in [0.1, 0.15) is 16.3 Å². The molecule has 0 saturated heterocycles. The fourth-order valence-corrected chi connectivity index (χ4v) is 2.88. The normalized spacial score (nSPS) is 17.8. The van der Waals surface area contributed by atoms with Gasteiger partial charge in [0, 0.05) is 11.4 Å². The van der Waals surface area contributed by atoms with Crippen molar-refractivity contribution in [3.63, 3.8) is 0 Å². The lowest BCUT2D eigenvalue weighted by Crippen LogP contribution is -1.99. The lowest BCUT2D eigenvalue weighted by atomic mass is 10.3. The van der Waals surface area contributed by atoms with Crippen LogP contribution in [0.5, 0.6) is 0 Å². The van der Waals surface area contributed by atoms with Crippen LogP contribution in [0.1, 0.15) is 12.8 Å². The molecule has 0 amide bonds. The van der Waals surface area contributed by atoms with E-state index in [1.165, 1.54) is 12.8 Å². The van der Waals surface area contributed by atoms with Crippen LogP contribution in [0, 0.1) is 5.92 Å². The summed E-state index contributed by atoms with van der Waals surface area (Å²) in [5.74, 6) is 1.27. The standard InChI is InChI=1S/C11H12N2O2S/c12-8-3-4-10-9(5-8)13-11(15-10)16(14)6-7-1-2-7/h3-5,7H,1-2,6,12H2. The van der Waals surface area contributed by atoms with E-state index in [4.69, 9.17) is 10.2 Å². The van der Waals surface area contributed by atoms with E-state index in [-0.39, 0.29) is 0 Å². The second-order valence-corrected chi connectivity index (χ2v) is 5.54. The first-order valence-corrected chi connectivity index (χ1v) is 6.59. The van der Waals surface area contributed by atoms with Gasteiger partial charge in [0.2, 0.25) is 0 Å². The van der Waals surface area contributed by atoms with E-state index < -0.39 is 10.8 Å². The zero-order valence-electron chi connectivity index (χ0n) is 8.68. The lowest BCUT2D eigenvalue weighted by Gasteiger charge is -1.92. The zero-order chi connectivity index (χ0) is 11.1. The molecular weight excluding hydrogens is 224 g/mol. The summed E-state index contributed by atoms with van der Waals surface area (Å²) in [5, 5.41) is 0.326. The molecule has 1 aliphatic rings. The van der Waals surface area contributed by atoms with Crippen molar-refractivity contribution in [3.05, 3.63) is 18.2 Å². The van der Waals surface area contributed by atoms with E-state index in [2.05, 4.69) is 4.98 Å². The maximum Gasteiger partial charge on any atom is 0.287 e. The summed E-state index contributed by atoms with van der Waals surface area (Å²) in [7, 11) is -1.11. The number of rotatable bonds is 3. The predicted octanol–water partition coefficient (Wildman–Crippen LogP) is 1.93. The van der Waals surface area contributed by atoms with E-state index in [0.29, 0.717) is 33.7 Å². The summed E-state index contributed by atoms with van der Waals surface area (Å²) in [6.45, 7) is 0. The summed E-state index contributed by atoms with van der Waals surface area (Å²) in [6, 6.07) is 5.24. The first-order valence-electron chi connectivity index (χ1n) is 5.27. The minimum Gasteiger partial charge on any atom is -0.430 e. The van der Waals surface area contributed by atoms with E-state index >= 15 is 0 Å². The van der Waals surface area contributed by atoms with Crippen LogP contribution < -0.4 is 5.73 Å². The van der Waals surface area contributed by atoms with Crippen molar-refractivity contribution in [2.75, 3.05) is 11.5 Å². The van der Waals surface area contributed by atoms with Crippen molar-refractivity contribution in [1.29, 1.82) is 0 Å². The summed E-state index contributed by atoms with van der Waals surface area (Å²) < 4.78 is 17.3. The Labute approximate surface area is 95.3 Å².